The van der Waals surface area contributed by atoms with E-state index >= 15 is 0 Å². The quantitative estimate of drug-likeness (QED) is 0.829. The molecule has 1 heterocycles. The highest BCUT2D eigenvalue weighted by molar-refractivity contribution is 5.94. The summed E-state index contributed by atoms with van der Waals surface area (Å²) in [5.74, 6) is 0.926. The Bertz CT molecular complexity index is 448. The summed E-state index contributed by atoms with van der Waals surface area (Å²) in [5.41, 5.74) is 7.17. The summed E-state index contributed by atoms with van der Waals surface area (Å²) in [6.45, 7) is 0.921. The summed E-state index contributed by atoms with van der Waals surface area (Å²) in [4.78, 5) is 14.7. The Morgan fingerprint density at radius 1 is 1.05 bits per heavy atom. The van der Waals surface area contributed by atoms with Crippen molar-refractivity contribution in [3.63, 3.8) is 0 Å². The third-order valence-corrected chi connectivity index (χ3v) is 4.66. The summed E-state index contributed by atoms with van der Waals surface area (Å²) in [5, 5.41) is 0. The number of likely N-dealkylation sites (tertiary alicyclic amines) is 1. The SMILES string of the molecule is Nc1ccc(C(=O)N2CCCC2C2CCCC2)cc1. The lowest BCUT2D eigenvalue weighted by molar-refractivity contribution is 0.0689. The van der Waals surface area contributed by atoms with E-state index < -0.39 is 0 Å². The summed E-state index contributed by atoms with van der Waals surface area (Å²) in [6.07, 6.45) is 7.62. The number of carbonyl (C=O) groups excluding carboxylic acids is 1. The Morgan fingerprint density at radius 2 is 1.74 bits per heavy atom. The molecule has 1 saturated heterocycles. The minimum Gasteiger partial charge on any atom is -0.399 e. The van der Waals surface area contributed by atoms with Crippen LogP contribution in [-0.4, -0.2) is 23.4 Å². The first-order valence-electron chi connectivity index (χ1n) is 7.42. The fourth-order valence-corrected chi connectivity index (χ4v) is 3.67. The number of rotatable bonds is 2. The molecule has 1 unspecified atom stereocenters. The van der Waals surface area contributed by atoms with Gasteiger partial charge in [0.2, 0.25) is 0 Å². The van der Waals surface area contributed by atoms with Gasteiger partial charge in [0, 0.05) is 23.8 Å². The molecule has 0 spiro atoms. The number of benzene rings is 1. The number of hydrogen-bond donors (Lipinski definition) is 1. The molecule has 0 radical (unpaired) electrons. The Hall–Kier alpha value is -1.51. The van der Waals surface area contributed by atoms with Crippen LogP contribution in [-0.2, 0) is 0 Å². The molecule has 1 aliphatic carbocycles. The number of hydrogen-bond acceptors (Lipinski definition) is 2. The van der Waals surface area contributed by atoms with Crippen LogP contribution in [0.25, 0.3) is 0 Å². The monoisotopic (exact) mass is 258 g/mol. The number of nitrogens with zero attached hydrogens (tertiary/aromatic N) is 1. The lowest BCUT2D eigenvalue weighted by Gasteiger charge is -2.29. The van der Waals surface area contributed by atoms with Crippen molar-refractivity contribution in [2.45, 2.75) is 44.6 Å². The van der Waals surface area contributed by atoms with Crippen molar-refractivity contribution in [1.29, 1.82) is 0 Å². The molecule has 2 fully saturated rings. The number of anilines is 1. The van der Waals surface area contributed by atoms with Crippen molar-refractivity contribution in [1.82, 2.24) is 4.90 Å². The summed E-state index contributed by atoms with van der Waals surface area (Å²) in [7, 11) is 0. The summed E-state index contributed by atoms with van der Waals surface area (Å²) in [6, 6.07) is 7.80. The lowest BCUT2D eigenvalue weighted by atomic mass is 9.95. The number of carbonyl (C=O) groups is 1. The van der Waals surface area contributed by atoms with E-state index in [1.165, 1.54) is 32.1 Å². The molecule has 0 aromatic heterocycles. The first-order chi connectivity index (χ1) is 9.25. The zero-order valence-corrected chi connectivity index (χ0v) is 11.3. The van der Waals surface area contributed by atoms with Gasteiger partial charge >= 0.3 is 0 Å². The van der Waals surface area contributed by atoms with Gasteiger partial charge in [-0.3, -0.25) is 4.79 Å². The summed E-state index contributed by atoms with van der Waals surface area (Å²) < 4.78 is 0. The van der Waals surface area contributed by atoms with Gasteiger partial charge in [-0.1, -0.05) is 12.8 Å². The topological polar surface area (TPSA) is 46.3 Å². The third-order valence-electron chi connectivity index (χ3n) is 4.66. The molecule has 102 valence electrons. The van der Waals surface area contributed by atoms with Crippen molar-refractivity contribution < 1.29 is 4.79 Å². The van der Waals surface area contributed by atoms with Crippen LogP contribution in [0, 0.1) is 5.92 Å². The minimum atomic E-state index is 0.189. The maximum Gasteiger partial charge on any atom is 0.254 e. The molecule has 3 nitrogen and oxygen atoms in total. The van der Waals surface area contributed by atoms with Gasteiger partial charge in [0.05, 0.1) is 0 Å². The highest BCUT2D eigenvalue weighted by Gasteiger charge is 2.36. The first kappa shape index (κ1) is 12.5. The van der Waals surface area contributed by atoms with Crippen LogP contribution < -0.4 is 5.73 Å². The summed E-state index contributed by atoms with van der Waals surface area (Å²) >= 11 is 0. The Morgan fingerprint density at radius 3 is 2.42 bits per heavy atom. The molecule has 1 saturated carbocycles. The van der Waals surface area contributed by atoms with E-state index in [9.17, 15) is 4.79 Å². The number of nitrogens with two attached hydrogens (primary N) is 1. The molecular formula is C16H22N2O. The molecule has 2 aliphatic rings. The van der Waals surface area contributed by atoms with Crippen molar-refractivity contribution in [3.8, 4) is 0 Å². The standard InChI is InChI=1S/C16H22N2O/c17-14-9-7-13(8-10-14)16(19)18-11-3-6-15(18)12-4-1-2-5-12/h7-10,12,15H,1-6,11,17H2. The van der Waals surface area contributed by atoms with E-state index in [0.29, 0.717) is 11.7 Å². The van der Waals surface area contributed by atoms with Gasteiger partial charge in [-0.15, -0.1) is 0 Å². The largest absolute Gasteiger partial charge is 0.399 e. The van der Waals surface area contributed by atoms with E-state index in [-0.39, 0.29) is 5.91 Å². The zero-order chi connectivity index (χ0) is 13.2. The second kappa shape index (κ2) is 5.24. The van der Waals surface area contributed by atoms with Crippen molar-refractivity contribution in [3.05, 3.63) is 29.8 Å². The van der Waals surface area contributed by atoms with Crippen LogP contribution >= 0.6 is 0 Å². The fraction of sp³-hybridized carbons (Fsp3) is 0.562. The normalized spacial score (nSPS) is 24.0. The molecule has 19 heavy (non-hydrogen) atoms. The van der Waals surface area contributed by atoms with E-state index in [0.717, 1.165) is 24.4 Å². The predicted octanol–water partition coefficient (Wildman–Crippen LogP) is 3.06. The smallest absolute Gasteiger partial charge is 0.254 e. The zero-order valence-electron chi connectivity index (χ0n) is 11.3. The van der Waals surface area contributed by atoms with Gasteiger partial charge in [-0.05, 0) is 55.9 Å². The predicted molar refractivity (Wildman–Crippen MR) is 76.9 cm³/mol. The fourth-order valence-electron chi connectivity index (χ4n) is 3.67. The second-order valence-corrected chi connectivity index (χ2v) is 5.87. The first-order valence-corrected chi connectivity index (χ1v) is 7.42. The Labute approximate surface area is 114 Å². The Kier molecular flexibility index (Phi) is 3.45. The molecule has 1 aromatic carbocycles. The van der Waals surface area contributed by atoms with Crippen LogP contribution in [0.15, 0.2) is 24.3 Å². The van der Waals surface area contributed by atoms with Crippen molar-refractivity contribution >= 4 is 11.6 Å². The highest BCUT2D eigenvalue weighted by Crippen LogP contribution is 2.36. The van der Waals surface area contributed by atoms with Gasteiger partial charge in [-0.25, -0.2) is 0 Å². The molecular weight excluding hydrogens is 236 g/mol. The van der Waals surface area contributed by atoms with Gasteiger partial charge in [0.25, 0.3) is 5.91 Å². The number of amides is 1. The molecule has 1 amide bonds. The van der Waals surface area contributed by atoms with Gasteiger partial charge in [-0.2, -0.15) is 0 Å². The number of nitrogen functional groups attached to an aromatic ring is 1. The van der Waals surface area contributed by atoms with E-state index in [1.807, 2.05) is 24.3 Å². The van der Waals surface area contributed by atoms with Crippen molar-refractivity contribution in [2.24, 2.45) is 5.92 Å². The van der Waals surface area contributed by atoms with Crippen LogP contribution in [0.2, 0.25) is 0 Å². The van der Waals surface area contributed by atoms with Crippen molar-refractivity contribution in [2.75, 3.05) is 12.3 Å². The lowest BCUT2D eigenvalue weighted by Crippen LogP contribution is -2.39. The average molecular weight is 258 g/mol. The highest BCUT2D eigenvalue weighted by atomic mass is 16.2. The molecule has 3 rings (SSSR count). The van der Waals surface area contributed by atoms with E-state index in [4.69, 9.17) is 5.73 Å². The van der Waals surface area contributed by atoms with E-state index in [1.54, 1.807) is 0 Å². The van der Waals surface area contributed by atoms with Gasteiger partial charge in [0.15, 0.2) is 0 Å². The molecule has 3 heteroatoms. The second-order valence-electron chi connectivity index (χ2n) is 5.87. The molecule has 0 bridgehead atoms. The molecule has 1 atom stereocenters. The molecule has 1 aromatic rings. The van der Waals surface area contributed by atoms with Crippen LogP contribution in [0.3, 0.4) is 0 Å². The van der Waals surface area contributed by atoms with Gasteiger partial charge in [0.1, 0.15) is 0 Å². The minimum absolute atomic E-state index is 0.189. The van der Waals surface area contributed by atoms with E-state index in [2.05, 4.69) is 4.90 Å². The average Bonchev–Trinajstić information content (AvgIpc) is 3.09. The maximum absolute atomic E-state index is 12.6. The van der Waals surface area contributed by atoms with Crippen LogP contribution in [0.4, 0.5) is 5.69 Å². The molecule has 1 aliphatic heterocycles. The maximum atomic E-state index is 12.6. The molecule has 2 N–H and O–H groups in total. The van der Waals surface area contributed by atoms with Crippen LogP contribution in [0.1, 0.15) is 48.9 Å². The van der Waals surface area contributed by atoms with Crippen LogP contribution in [0.5, 0.6) is 0 Å². The third kappa shape index (κ3) is 2.46. The van der Waals surface area contributed by atoms with Gasteiger partial charge < -0.3 is 10.6 Å². The Balaban J connectivity index is 1.76.